The number of nitro benzene ring substituents is 1. The average molecular weight is 417 g/mol. The molecule has 0 unspecified atom stereocenters. The molecular weight excluding hydrogens is 406 g/mol. The summed E-state index contributed by atoms with van der Waals surface area (Å²) in [5.74, 6) is 1.25. The van der Waals surface area contributed by atoms with E-state index >= 15 is 0 Å². The Bertz CT molecular complexity index is 656. The first kappa shape index (κ1) is 15.7. The Morgan fingerprint density at radius 2 is 2.00 bits per heavy atom. The minimum atomic E-state index is -0.461. The standard InChI is InChI=1S/C13H11Br2N3O3/c1-16-12-4-2-3-8(17-12)7-21-13-10(14)5-9(18(19)20)6-11(13)15/h2-6H,7H2,1H3,(H,16,17). The molecule has 0 amide bonds. The minimum absolute atomic E-state index is 0.0172. The van der Waals surface area contributed by atoms with Crippen molar-refractivity contribution in [2.24, 2.45) is 0 Å². The molecule has 0 bridgehead atoms. The first-order valence-electron chi connectivity index (χ1n) is 5.91. The van der Waals surface area contributed by atoms with E-state index in [0.717, 1.165) is 11.5 Å². The van der Waals surface area contributed by atoms with Gasteiger partial charge in [0.1, 0.15) is 18.2 Å². The van der Waals surface area contributed by atoms with Crippen molar-refractivity contribution in [1.29, 1.82) is 0 Å². The molecule has 8 heteroatoms. The first-order chi connectivity index (χ1) is 10.0. The smallest absolute Gasteiger partial charge is 0.271 e. The lowest BCUT2D eigenvalue weighted by Crippen LogP contribution is -2.02. The van der Waals surface area contributed by atoms with Crippen LogP contribution in [0.4, 0.5) is 11.5 Å². The molecule has 0 spiro atoms. The van der Waals surface area contributed by atoms with Crippen LogP contribution in [0.3, 0.4) is 0 Å². The third kappa shape index (κ3) is 3.92. The summed E-state index contributed by atoms with van der Waals surface area (Å²) < 4.78 is 6.70. The van der Waals surface area contributed by atoms with Gasteiger partial charge in [-0.25, -0.2) is 4.98 Å². The monoisotopic (exact) mass is 415 g/mol. The van der Waals surface area contributed by atoms with Crippen molar-refractivity contribution >= 4 is 43.4 Å². The largest absolute Gasteiger partial charge is 0.485 e. The highest BCUT2D eigenvalue weighted by Gasteiger charge is 2.15. The summed E-state index contributed by atoms with van der Waals surface area (Å²) in [7, 11) is 1.79. The molecule has 6 nitrogen and oxygen atoms in total. The Kier molecular flexibility index (Phi) is 5.13. The number of hydrogen-bond donors (Lipinski definition) is 1. The van der Waals surface area contributed by atoms with Crippen LogP contribution in [0.25, 0.3) is 0 Å². The van der Waals surface area contributed by atoms with Crippen molar-refractivity contribution in [2.45, 2.75) is 6.61 Å². The van der Waals surface area contributed by atoms with E-state index in [0.29, 0.717) is 14.7 Å². The number of nitrogens with zero attached hydrogens (tertiary/aromatic N) is 2. The minimum Gasteiger partial charge on any atom is -0.485 e. The molecular formula is C13H11Br2N3O3. The molecule has 0 atom stereocenters. The van der Waals surface area contributed by atoms with Crippen LogP contribution < -0.4 is 10.1 Å². The molecule has 0 radical (unpaired) electrons. The molecule has 0 fully saturated rings. The maximum atomic E-state index is 10.8. The highest BCUT2D eigenvalue weighted by Crippen LogP contribution is 2.37. The molecule has 1 aromatic carbocycles. The fourth-order valence-electron chi connectivity index (χ4n) is 1.64. The molecule has 0 saturated heterocycles. The number of halogens is 2. The van der Waals surface area contributed by atoms with Gasteiger partial charge in [0.05, 0.1) is 19.6 Å². The van der Waals surface area contributed by atoms with Gasteiger partial charge in [-0.1, -0.05) is 6.07 Å². The highest BCUT2D eigenvalue weighted by atomic mass is 79.9. The number of anilines is 1. The zero-order chi connectivity index (χ0) is 15.4. The fourth-order valence-corrected chi connectivity index (χ4v) is 3.03. The quantitative estimate of drug-likeness (QED) is 0.585. The highest BCUT2D eigenvalue weighted by molar-refractivity contribution is 9.11. The summed E-state index contributed by atoms with van der Waals surface area (Å²) in [5, 5.41) is 13.7. The normalized spacial score (nSPS) is 10.2. The molecule has 1 N–H and O–H groups in total. The van der Waals surface area contributed by atoms with Gasteiger partial charge in [-0.15, -0.1) is 0 Å². The number of nitro groups is 1. The zero-order valence-corrected chi connectivity index (χ0v) is 14.1. The maximum Gasteiger partial charge on any atom is 0.271 e. The summed E-state index contributed by atoms with van der Waals surface area (Å²) in [6.45, 7) is 0.254. The summed E-state index contributed by atoms with van der Waals surface area (Å²) in [6, 6.07) is 8.36. The first-order valence-corrected chi connectivity index (χ1v) is 7.49. The second kappa shape index (κ2) is 6.86. The summed E-state index contributed by atoms with van der Waals surface area (Å²) in [6.07, 6.45) is 0. The van der Waals surface area contributed by atoms with E-state index in [4.69, 9.17) is 4.74 Å². The molecule has 1 heterocycles. The van der Waals surface area contributed by atoms with Crippen molar-refractivity contribution in [3.63, 3.8) is 0 Å². The van der Waals surface area contributed by atoms with Crippen molar-refractivity contribution in [1.82, 2.24) is 4.98 Å². The molecule has 2 rings (SSSR count). The average Bonchev–Trinajstić information content (AvgIpc) is 2.46. The number of nitrogens with one attached hydrogen (secondary N) is 1. The van der Waals surface area contributed by atoms with Crippen molar-refractivity contribution in [2.75, 3.05) is 12.4 Å². The van der Waals surface area contributed by atoms with Crippen LogP contribution in [0.5, 0.6) is 5.75 Å². The van der Waals surface area contributed by atoms with Gasteiger partial charge in [0, 0.05) is 19.2 Å². The number of aromatic nitrogens is 1. The fraction of sp³-hybridized carbons (Fsp3) is 0.154. The van der Waals surface area contributed by atoms with Gasteiger partial charge in [0.25, 0.3) is 5.69 Å². The number of hydrogen-bond acceptors (Lipinski definition) is 5. The van der Waals surface area contributed by atoms with Crippen LogP contribution in [0.1, 0.15) is 5.69 Å². The number of ether oxygens (including phenoxy) is 1. The van der Waals surface area contributed by atoms with E-state index in [1.54, 1.807) is 7.05 Å². The van der Waals surface area contributed by atoms with Crippen LogP contribution in [-0.4, -0.2) is 17.0 Å². The van der Waals surface area contributed by atoms with Gasteiger partial charge in [0.15, 0.2) is 0 Å². The Labute approximate surface area is 137 Å². The second-order valence-electron chi connectivity index (χ2n) is 4.05. The molecule has 0 aliphatic rings. The Balaban J connectivity index is 2.18. The molecule has 1 aromatic heterocycles. The van der Waals surface area contributed by atoms with Gasteiger partial charge >= 0.3 is 0 Å². The zero-order valence-electron chi connectivity index (χ0n) is 11.0. The van der Waals surface area contributed by atoms with Gasteiger partial charge in [0.2, 0.25) is 0 Å². The van der Waals surface area contributed by atoms with Crippen LogP contribution in [0.15, 0.2) is 39.3 Å². The summed E-state index contributed by atoms with van der Waals surface area (Å²) in [4.78, 5) is 14.6. The predicted molar refractivity (Wildman–Crippen MR) is 86.6 cm³/mol. The third-order valence-corrected chi connectivity index (χ3v) is 3.80. The van der Waals surface area contributed by atoms with Gasteiger partial charge < -0.3 is 10.1 Å². The van der Waals surface area contributed by atoms with Crippen molar-refractivity contribution in [3.05, 3.63) is 55.1 Å². The molecule has 0 saturated carbocycles. The number of pyridine rings is 1. The number of non-ortho nitro benzene ring substituents is 1. The Hall–Kier alpha value is -1.67. The molecule has 0 aliphatic carbocycles. The topological polar surface area (TPSA) is 77.3 Å². The Morgan fingerprint density at radius 3 is 2.57 bits per heavy atom. The molecule has 0 aliphatic heterocycles. The van der Waals surface area contributed by atoms with E-state index in [-0.39, 0.29) is 12.3 Å². The lowest BCUT2D eigenvalue weighted by atomic mass is 10.3. The van der Waals surface area contributed by atoms with Crippen LogP contribution in [0.2, 0.25) is 0 Å². The van der Waals surface area contributed by atoms with E-state index in [1.807, 2.05) is 18.2 Å². The number of benzene rings is 1. The van der Waals surface area contributed by atoms with Crippen molar-refractivity contribution < 1.29 is 9.66 Å². The van der Waals surface area contributed by atoms with E-state index < -0.39 is 4.92 Å². The second-order valence-corrected chi connectivity index (χ2v) is 5.76. The van der Waals surface area contributed by atoms with E-state index in [9.17, 15) is 10.1 Å². The van der Waals surface area contributed by atoms with Crippen LogP contribution in [-0.2, 0) is 6.61 Å². The Morgan fingerprint density at radius 1 is 1.33 bits per heavy atom. The molecule has 21 heavy (non-hydrogen) atoms. The maximum absolute atomic E-state index is 10.8. The van der Waals surface area contributed by atoms with Crippen molar-refractivity contribution in [3.8, 4) is 5.75 Å². The molecule has 110 valence electrons. The van der Waals surface area contributed by atoms with Crippen LogP contribution >= 0.6 is 31.9 Å². The van der Waals surface area contributed by atoms with Gasteiger partial charge in [-0.3, -0.25) is 10.1 Å². The lowest BCUT2D eigenvalue weighted by molar-refractivity contribution is -0.385. The SMILES string of the molecule is CNc1cccc(COc2c(Br)cc([N+](=O)[O-])cc2Br)n1. The van der Waals surface area contributed by atoms with Gasteiger partial charge in [-0.2, -0.15) is 0 Å². The summed E-state index contributed by atoms with van der Waals surface area (Å²) in [5.41, 5.74) is 0.732. The lowest BCUT2D eigenvalue weighted by Gasteiger charge is -2.10. The van der Waals surface area contributed by atoms with E-state index in [2.05, 4.69) is 42.2 Å². The number of rotatable bonds is 5. The van der Waals surface area contributed by atoms with Crippen LogP contribution in [0, 0.1) is 10.1 Å². The summed E-state index contributed by atoms with van der Waals surface area (Å²) >= 11 is 6.55. The van der Waals surface area contributed by atoms with Gasteiger partial charge in [-0.05, 0) is 44.0 Å². The third-order valence-electron chi connectivity index (χ3n) is 2.62. The molecule has 2 aromatic rings. The van der Waals surface area contributed by atoms with E-state index in [1.165, 1.54) is 12.1 Å². The predicted octanol–water partition coefficient (Wildman–Crippen LogP) is 4.14.